The van der Waals surface area contributed by atoms with Crippen LogP contribution in [0.15, 0.2) is 82.9 Å². The molecule has 3 rings (SSSR count). The summed E-state index contributed by atoms with van der Waals surface area (Å²) in [5, 5.41) is 6.12. The van der Waals surface area contributed by atoms with E-state index in [0.717, 1.165) is 4.31 Å². The van der Waals surface area contributed by atoms with E-state index in [9.17, 15) is 18.0 Å². The highest BCUT2D eigenvalue weighted by atomic mass is 35.5. The van der Waals surface area contributed by atoms with Crippen molar-refractivity contribution in [1.29, 1.82) is 0 Å². The number of anilines is 2. The number of benzene rings is 2. The second-order valence-corrected chi connectivity index (χ2v) is 8.58. The summed E-state index contributed by atoms with van der Waals surface area (Å²) in [4.78, 5) is 24.0. The third kappa shape index (κ3) is 5.34. The molecule has 1 heterocycles. The summed E-state index contributed by atoms with van der Waals surface area (Å²) in [6, 6.07) is 13.2. The van der Waals surface area contributed by atoms with Crippen molar-refractivity contribution < 1.29 is 27.3 Å². The summed E-state index contributed by atoms with van der Waals surface area (Å²) in [6.07, 6.45) is 2.69. The Hall–Kier alpha value is -3.63. The quantitative estimate of drug-likeness (QED) is 0.371. The van der Waals surface area contributed by atoms with E-state index in [1.54, 1.807) is 24.3 Å². The normalized spacial score (nSPS) is 10.9. The summed E-state index contributed by atoms with van der Waals surface area (Å²) in [5.41, 5.74) is 0.226. The SMILES string of the molecule is C=CCN(c1ccccc1Cl)S(=O)(=O)c1cccc(C(=O)OCC(=O)Nc2ccon2)c1. The van der Waals surface area contributed by atoms with E-state index < -0.39 is 28.5 Å². The van der Waals surface area contributed by atoms with Gasteiger partial charge >= 0.3 is 5.97 Å². The predicted molar refractivity (Wildman–Crippen MR) is 118 cm³/mol. The first-order valence-electron chi connectivity index (χ1n) is 9.18. The highest BCUT2D eigenvalue weighted by molar-refractivity contribution is 7.92. The Labute approximate surface area is 189 Å². The van der Waals surface area contributed by atoms with Gasteiger partial charge in [0.15, 0.2) is 12.4 Å². The zero-order valence-corrected chi connectivity index (χ0v) is 18.2. The molecule has 2 aromatic carbocycles. The fourth-order valence-corrected chi connectivity index (χ4v) is 4.47. The Balaban J connectivity index is 1.78. The van der Waals surface area contributed by atoms with E-state index in [-0.39, 0.29) is 33.5 Å². The van der Waals surface area contributed by atoms with Crippen LogP contribution in [0.1, 0.15) is 10.4 Å². The number of aromatic nitrogens is 1. The molecule has 0 atom stereocenters. The molecule has 1 N–H and O–H groups in total. The van der Waals surface area contributed by atoms with Gasteiger partial charge in [0.1, 0.15) is 6.26 Å². The molecule has 0 aliphatic rings. The molecule has 0 bridgehead atoms. The van der Waals surface area contributed by atoms with Gasteiger partial charge in [0.05, 0.1) is 27.7 Å². The maximum atomic E-state index is 13.3. The molecule has 0 aliphatic heterocycles. The minimum Gasteiger partial charge on any atom is -0.452 e. The molecule has 32 heavy (non-hydrogen) atoms. The molecule has 0 aliphatic carbocycles. The summed E-state index contributed by atoms with van der Waals surface area (Å²) in [7, 11) is -4.09. The molecule has 0 saturated carbocycles. The number of amides is 1. The van der Waals surface area contributed by atoms with E-state index in [4.69, 9.17) is 16.3 Å². The zero-order chi connectivity index (χ0) is 23.1. The molecule has 0 spiro atoms. The molecular weight excluding hydrogens is 458 g/mol. The number of carbonyl (C=O) groups excluding carboxylic acids is 2. The smallest absolute Gasteiger partial charge is 0.338 e. The van der Waals surface area contributed by atoms with Crippen molar-refractivity contribution in [2.45, 2.75) is 4.90 Å². The minimum atomic E-state index is -4.09. The largest absolute Gasteiger partial charge is 0.452 e. The van der Waals surface area contributed by atoms with E-state index in [1.807, 2.05) is 0 Å². The molecule has 9 nitrogen and oxygen atoms in total. The van der Waals surface area contributed by atoms with Crippen molar-refractivity contribution in [2.75, 3.05) is 22.8 Å². The van der Waals surface area contributed by atoms with Gasteiger partial charge in [0.2, 0.25) is 0 Å². The van der Waals surface area contributed by atoms with Crippen molar-refractivity contribution in [2.24, 2.45) is 0 Å². The first-order valence-corrected chi connectivity index (χ1v) is 11.0. The number of hydrogen-bond acceptors (Lipinski definition) is 7. The maximum absolute atomic E-state index is 13.3. The van der Waals surface area contributed by atoms with Gasteiger partial charge in [-0.3, -0.25) is 9.10 Å². The summed E-state index contributed by atoms with van der Waals surface area (Å²) >= 11 is 6.19. The number of hydrogen-bond donors (Lipinski definition) is 1. The average Bonchev–Trinajstić information content (AvgIpc) is 3.29. The molecule has 1 amide bonds. The first kappa shape index (κ1) is 23.0. The van der Waals surface area contributed by atoms with E-state index in [0.29, 0.717) is 0 Å². The number of esters is 1. The Morgan fingerprint density at radius 1 is 1.19 bits per heavy atom. The predicted octanol–water partition coefficient (Wildman–Crippen LogP) is 3.50. The number of carbonyl (C=O) groups is 2. The van der Waals surface area contributed by atoms with Gasteiger partial charge in [-0.25, -0.2) is 13.2 Å². The zero-order valence-electron chi connectivity index (χ0n) is 16.6. The maximum Gasteiger partial charge on any atom is 0.338 e. The minimum absolute atomic E-state index is 0.0387. The van der Waals surface area contributed by atoms with Crippen LogP contribution in [0, 0.1) is 0 Å². The van der Waals surface area contributed by atoms with Crippen LogP contribution in [-0.2, 0) is 19.6 Å². The Bertz CT molecular complexity index is 1230. The third-order valence-corrected chi connectivity index (χ3v) is 6.21. The number of nitrogens with one attached hydrogen (secondary N) is 1. The lowest BCUT2D eigenvalue weighted by molar-refractivity contribution is -0.119. The summed E-state index contributed by atoms with van der Waals surface area (Å²) in [6.45, 7) is 2.97. The van der Waals surface area contributed by atoms with Gasteiger partial charge in [0, 0.05) is 6.07 Å². The van der Waals surface area contributed by atoms with Crippen molar-refractivity contribution in [3.05, 3.63) is 84.1 Å². The van der Waals surface area contributed by atoms with Crippen LogP contribution < -0.4 is 9.62 Å². The van der Waals surface area contributed by atoms with Crippen LogP contribution in [0.25, 0.3) is 0 Å². The lowest BCUT2D eigenvalue weighted by atomic mass is 10.2. The highest BCUT2D eigenvalue weighted by Crippen LogP contribution is 2.30. The molecule has 0 fully saturated rings. The van der Waals surface area contributed by atoms with Gasteiger partial charge in [-0.05, 0) is 30.3 Å². The fourth-order valence-electron chi connectivity index (χ4n) is 2.68. The van der Waals surface area contributed by atoms with Crippen LogP contribution >= 0.6 is 11.6 Å². The molecule has 0 saturated heterocycles. The Kier molecular flexibility index (Phi) is 7.29. The monoisotopic (exact) mass is 475 g/mol. The first-order chi connectivity index (χ1) is 15.3. The molecule has 0 unspecified atom stereocenters. The van der Waals surface area contributed by atoms with Gasteiger partial charge in [-0.2, -0.15) is 0 Å². The standard InChI is InChI=1S/C21H18ClN3O6S/c1-2-11-25(18-9-4-3-8-17(18)22)32(28,29)16-7-5-6-15(13-16)21(27)30-14-20(26)23-19-10-12-31-24-19/h2-10,12-13H,1,11,14H2,(H,23,24,26). The van der Waals surface area contributed by atoms with Crippen LogP contribution in [-0.4, -0.2) is 38.6 Å². The van der Waals surface area contributed by atoms with Gasteiger partial charge in [-0.15, -0.1) is 6.58 Å². The number of rotatable bonds is 9. The number of halogens is 1. The van der Waals surface area contributed by atoms with Crippen molar-refractivity contribution in [1.82, 2.24) is 5.16 Å². The lowest BCUT2D eigenvalue weighted by Gasteiger charge is -2.24. The van der Waals surface area contributed by atoms with Gasteiger partial charge in [-0.1, -0.05) is 41.0 Å². The van der Waals surface area contributed by atoms with E-state index in [2.05, 4.69) is 21.6 Å². The molecule has 3 aromatic rings. The Morgan fingerprint density at radius 3 is 2.66 bits per heavy atom. The second kappa shape index (κ2) is 10.1. The number of sulfonamides is 1. The highest BCUT2D eigenvalue weighted by Gasteiger charge is 2.26. The topological polar surface area (TPSA) is 119 Å². The molecule has 11 heteroatoms. The van der Waals surface area contributed by atoms with Gasteiger partial charge < -0.3 is 14.6 Å². The van der Waals surface area contributed by atoms with Crippen molar-refractivity contribution >= 4 is 45.0 Å². The Morgan fingerprint density at radius 2 is 1.97 bits per heavy atom. The molecule has 1 aromatic heterocycles. The van der Waals surface area contributed by atoms with E-state index in [1.165, 1.54) is 42.7 Å². The molecule has 166 valence electrons. The van der Waals surface area contributed by atoms with Gasteiger partial charge in [0.25, 0.3) is 15.9 Å². The van der Waals surface area contributed by atoms with Crippen LogP contribution in [0.4, 0.5) is 11.5 Å². The summed E-state index contributed by atoms with van der Waals surface area (Å²) in [5.74, 6) is -1.33. The fraction of sp³-hybridized carbons (Fsp3) is 0.0952. The van der Waals surface area contributed by atoms with Crippen molar-refractivity contribution in [3.63, 3.8) is 0 Å². The average molecular weight is 476 g/mol. The number of nitrogens with zero attached hydrogens (tertiary/aromatic N) is 2. The molecule has 0 radical (unpaired) electrons. The van der Waals surface area contributed by atoms with Crippen LogP contribution in [0.5, 0.6) is 0 Å². The summed E-state index contributed by atoms with van der Waals surface area (Å²) < 4.78 is 37.2. The third-order valence-electron chi connectivity index (χ3n) is 4.11. The number of ether oxygens (including phenoxy) is 1. The van der Waals surface area contributed by atoms with Crippen molar-refractivity contribution in [3.8, 4) is 0 Å². The lowest BCUT2D eigenvalue weighted by Crippen LogP contribution is -2.31. The van der Waals surface area contributed by atoms with Crippen LogP contribution in [0.3, 0.4) is 0 Å². The van der Waals surface area contributed by atoms with E-state index >= 15 is 0 Å². The molecular formula is C21H18ClN3O6S. The van der Waals surface area contributed by atoms with Crippen LogP contribution in [0.2, 0.25) is 5.02 Å². The number of para-hydroxylation sites is 1. The second-order valence-electron chi connectivity index (χ2n) is 6.31.